The van der Waals surface area contributed by atoms with Crippen molar-refractivity contribution in [1.29, 1.82) is 0 Å². The van der Waals surface area contributed by atoms with Crippen molar-refractivity contribution in [2.24, 2.45) is 0 Å². The fourth-order valence-electron chi connectivity index (χ4n) is 2.26. The number of aryl methyl sites for hydroxylation is 2. The van der Waals surface area contributed by atoms with Crippen molar-refractivity contribution in [2.75, 3.05) is 5.32 Å². The van der Waals surface area contributed by atoms with Crippen LogP contribution in [0, 0.1) is 6.92 Å². The Labute approximate surface area is 143 Å². The molecular formula is C16H18N6OS. The molecule has 0 atom stereocenters. The normalized spacial score (nSPS) is 10.8. The first-order valence-electron chi connectivity index (χ1n) is 7.77. The Bertz CT molecular complexity index is 852. The number of nitrogens with zero attached hydrogens (tertiary/aromatic N) is 5. The van der Waals surface area contributed by atoms with Gasteiger partial charge in [0.05, 0.1) is 11.4 Å². The summed E-state index contributed by atoms with van der Waals surface area (Å²) in [5.74, 6) is -0.331. The zero-order valence-corrected chi connectivity index (χ0v) is 14.6. The molecule has 0 unspecified atom stereocenters. The van der Waals surface area contributed by atoms with Crippen LogP contribution in [0.15, 0.2) is 24.3 Å². The topological polar surface area (TPSA) is 85.6 Å². The maximum atomic E-state index is 12.4. The van der Waals surface area contributed by atoms with Gasteiger partial charge in [0.1, 0.15) is 5.01 Å². The fourth-order valence-corrected chi connectivity index (χ4v) is 2.93. The van der Waals surface area contributed by atoms with E-state index in [1.54, 1.807) is 4.68 Å². The minimum atomic E-state index is -0.331. The van der Waals surface area contributed by atoms with Crippen LogP contribution >= 0.6 is 11.3 Å². The van der Waals surface area contributed by atoms with E-state index in [9.17, 15) is 4.79 Å². The predicted molar refractivity (Wildman–Crippen MR) is 92.7 cm³/mol. The highest BCUT2D eigenvalue weighted by molar-refractivity contribution is 7.15. The molecule has 124 valence electrons. The minimum Gasteiger partial charge on any atom is -0.295 e. The molecule has 0 fully saturated rings. The Kier molecular flexibility index (Phi) is 4.66. The number of benzene rings is 1. The minimum absolute atomic E-state index is 0.280. The molecule has 0 saturated heterocycles. The van der Waals surface area contributed by atoms with Gasteiger partial charge in [-0.15, -0.1) is 15.3 Å². The fraction of sp³-hybridized carbons (Fsp3) is 0.312. The van der Waals surface area contributed by atoms with E-state index >= 15 is 0 Å². The number of hydrogen-bond acceptors (Lipinski definition) is 6. The van der Waals surface area contributed by atoms with E-state index in [0.717, 1.165) is 23.5 Å². The van der Waals surface area contributed by atoms with Gasteiger partial charge >= 0.3 is 0 Å². The van der Waals surface area contributed by atoms with E-state index in [1.807, 2.05) is 38.1 Å². The number of carbonyl (C=O) groups excluding carboxylic acids is 1. The molecule has 0 radical (unpaired) electrons. The van der Waals surface area contributed by atoms with E-state index in [2.05, 4.69) is 32.7 Å². The Balaban J connectivity index is 1.81. The van der Waals surface area contributed by atoms with Crippen LogP contribution in [-0.4, -0.2) is 31.1 Å². The van der Waals surface area contributed by atoms with Crippen molar-refractivity contribution in [2.45, 2.75) is 33.6 Å². The van der Waals surface area contributed by atoms with Crippen molar-refractivity contribution >= 4 is 22.4 Å². The van der Waals surface area contributed by atoms with Gasteiger partial charge in [-0.3, -0.25) is 10.1 Å². The highest BCUT2D eigenvalue weighted by Crippen LogP contribution is 2.18. The van der Waals surface area contributed by atoms with Gasteiger partial charge in [0.15, 0.2) is 5.69 Å². The lowest BCUT2D eigenvalue weighted by Crippen LogP contribution is -2.14. The monoisotopic (exact) mass is 342 g/mol. The van der Waals surface area contributed by atoms with Gasteiger partial charge in [-0.1, -0.05) is 42.5 Å². The van der Waals surface area contributed by atoms with Gasteiger partial charge in [0.2, 0.25) is 5.13 Å². The third-order valence-corrected chi connectivity index (χ3v) is 4.67. The Morgan fingerprint density at radius 2 is 1.88 bits per heavy atom. The van der Waals surface area contributed by atoms with Crippen LogP contribution in [0.4, 0.5) is 5.13 Å². The molecule has 1 amide bonds. The summed E-state index contributed by atoms with van der Waals surface area (Å²) in [5, 5.41) is 20.1. The van der Waals surface area contributed by atoms with Crippen LogP contribution in [0.25, 0.3) is 5.69 Å². The van der Waals surface area contributed by atoms with Crippen LogP contribution in [0.2, 0.25) is 0 Å². The third kappa shape index (κ3) is 3.18. The molecule has 2 aromatic heterocycles. The summed E-state index contributed by atoms with van der Waals surface area (Å²) >= 11 is 1.36. The first kappa shape index (κ1) is 16.3. The number of carbonyl (C=O) groups is 1. The van der Waals surface area contributed by atoms with Crippen LogP contribution in [0.1, 0.15) is 40.6 Å². The molecule has 1 aromatic carbocycles. The van der Waals surface area contributed by atoms with E-state index < -0.39 is 0 Å². The van der Waals surface area contributed by atoms with Crippen LogP contribution in [0.3, 0.4) is 0 Å². The van der Waals surface area contributed by atoms with E-state index in [1.165, 1.54) is 16.9 Å². The van der Waals surface area contributed by atoms with Crippen LogP contribution in [0.5, 0.6) is 0 Å². The largest absolute Gasteiger partial charge is 0.295 e. The SMILES string of the molecule is CCc1ccc(-n2nnc(C(=O)Nc3nnc(CC)s3)c2C)cc1. The standard InChI is InChI=1S/C16H18N6OS/c1-4-11-6-8-12(9-7-11)22-10(3)14(19-21-22)15(23)17-16-20-18-13(5-2)24-16/h6-9H,4-5H2,1-3H3,(H,17,20,23). The first-order valence-corrected chi connectivity index (χ1v) is 8.59. The molecule has 0 aliphatic heterocycles. The van der Waals surface area contributed by atoms with Gasteiger partial charge < -0.3 is 0 Å². The summed E-state index contributed by atoms with van der Waals surface area (Å²) in [5.41, 5.74) is 3.08. The molecule has 24 heavy (non-hydrogen) atoms. The second-order valence-corrected chi connectivity index (χ2v) is 6.33. The molecule has 0 saturated carbocycles. The highest BCUT2D eigenvalue weighted by Gasteiger charge is 2.18. The molecule has 7 nitrogen and oxygen atoms in total. The molecule has 0 spiro atoms. The number of aromatic nitrogens is 5. The maximum absolute atomic E-state index is 12.4. The van der Waals surface area contributed by atoms with Crippen LogP contribution in [-0.2, 0) is 12.8 Å². The van der Waals surface area contributed by atoms with Crippen molar-refractivity contribution in [3.05, 3.63) is 46.2 Å². The summed E-state index contributed by atoms with van der Waals surface area (Å²) in [6.45, 7) is 5.92. The summed E-state index contributed by atoms with van der Waals surface area (Å²) < 4.78 is 1.66. The van der Waals surface area contributed by atoms with Crippen molar-refractivity contribution in [3.8, 4) is 5.69 Å². The lowest BCUT2D eigenvalue weighted by molar-refractivity contribution is 0.102. The van der Waals surface area contributed by atoms with E-state index in [4.69, 9.17) is 0 Å². The number of nitrogens with one attached hydrogen (secondary N) is 1. The number of hydrogen-bond donors (Lipinski definition) is 1. The molecule has 1 N–H and O–H groups in total. The number of anilines is 1. The zero-order chi connectivity index (χ0) is 17.1. The third-order valence-electron chi connectivity index (χ3n) is 3.69. The lowest BCUT2D eigenvalue weighted by Gasteiger charge is -2.04. The average Bonchev–Trinajstić information content (AvgIpc) is 3.21. The summed E-state index contributed by atoms with van der Waals surface area (Å²) in [4.78, 5) is 12.4. The maximum Gasteiger partial charge on any atom is 0.279 e. The predicted octanol–water partition coefficient (Wildman–Crippen LogP) is 2.80. The van der Waals surface area contributed by atoms with Gasteiger partial charge in [-0.05, 0) is 37.5 Å². The lowest BCUT2D eigenvalue weighted by atomic mass is 10.1. The summed E-state index contributed by atoms with van der Waals surface area (Å²) in [7, 11) is 0. The molecule has 3 rings (SSSR count). The quantitative estimate of drug-likeness (QED) is 0.770. The number of amides is 1. The average molecular weight is 342 g/mol. The molecule has 0 bridgehead atoms. The Morgan fingerprint density at radius 1 is 1.12 bits per heavy atom. The smallest absolute Gasteiger partial charge is 0.279 e. The van der Waals surface area contributed by atoms with Gasteiger partial charge in [0.25, 0.3) is 5.91 Å². The van der Waals surface area contributed by atoms with Crippen molar-refractivity contribution in [1.82, 2.24) is 25.2 Å². The molecule has 2 heterocycles. The summed E-state index contributed by atoms with van der Waals surface area (Å²) in [6.07, 6.45) is 1.77. The summed E-state index contributed by atoms with van der Waals surface area (Å²) in [6, 6.07) is 8.04. The second-order valence-electron chi connectivity index (χ2n) is 5.26. The van der Waals surface area contributed by atoms with E-state index in [0.29, 0.717) is 10.8 Å². The number of rotatable bonds is 5. The molecule has 0 aliphatic rings. The molecule has 8 heteroatoms. The van der Waals surface area contributed by atoms with E-state index in [-0.39, 0.29) is 11.6 Å². The highest BCUT2D eigenvalue weighted by atomic mass is 32.1. The van der Waals surface area contributed by atoms with Crippen LogP contribution < -0.4 is 5.32 Å². The van der Waals surface area contributed by atoms with Crippen molar-refractivity contribution < 1.29 is 4.79 Å². The Morgan fingerprint density at radius 3 is 2.50 bits per heavy atom. The van der Waals surface area contributed by atoms with Crippen molar-refractivity contribution in [3.63, 3.8) is 0 Å². The van der Waals surface area contributed by atoms with Gasteiger partial charge in [-0.2, -0.15) is 0 Å². The molecular weight excluding hydrogens is 324 g/mol. The molecule has 0 aliphatic carbocycles. The zero-order valence-electron chi connectivity index (χ0n) is 13.8. The Hall–Kier alpha value is -2.61. The van der Waals surface area contributed by atoms with Gasteiger partial charge in [0, 0.05) is 0 Å². The second kappa shape index (κ2) is 6.88. The molecule has 3 aromatic rings. The van der Waals surface area contributed by atoms with Gasteiger partial charge in [-0.25, -0.2) is 4.68 Å². The first-order chi connectivity index (χ1) is 11.6.